The molecule has 0 aliphatic rings. The lowest BCUT2D eigenvalue weighted by atomic mass is 10.4. The summed E-state index contributed by atoms with van der Waals surface area (Å²) < 4.78 is 1.69. The Morgan fingerprint density at radius 1 is 1.77 bits per heavy atom. The Kier molecular flexibility index (Phi) is 3.76. The second-order valence-corrected chi connectivity index (χ2v) is 3.06. The van der Waals surface area contributed by atoms with Crippen molar-refractivity contribution in [3.63, 3.8) is 0 Å². The minimum absolute atomic E-state index is 0.0539. The molecule has 1 aromatic heterocycles. The van der Waals surface area contributed by atoms with Crippen LogP contribution in [0, 0.1) is 0 Å². The van der Waals surface area contributed by atoms with E-state index in [0.717, 1.165) is 0 Å². The maximum Gasteiger partial charge on any atom is 0.219 e. The molecule has 0 atom stereocenters. The highest BCUT2D eigenvalue weighted by Crippen LogP contribution is 2.03. The second-order valence-electron chi connectivity index (χ2n) is 2.63. The first-order valence-electron chi connectivity index (χ1n) is 4.17. The first-order valence-corrected chi connectivity index (χ1v) is 4.55. The van der Waals surface area contributed by atoms with E-state index in [2.05, 4.69) is 10.4 Å². The van der Waals surface area contributed by atoms with Crippen molar-refractivity contribution in [1.29, 1.82) is 0 Å². The number of carbonyl (C=O) groups is 1. The van der Waals surface area contributed by atoms with Gasteiger partial charge in [0.05, 0.1) is 17.8 Å². The molecule has 4 nitrogen and oxygen atoms in total. The third-order valence-electron chi connectivity index (χ3n) is 1.59. The zero-order chi connectivity index (χ0) is 9.68. The highest BCUT2D eigenvalue weighted by molar-refractivity contribution is 6.30. The van der Waals surface area contributed by atoms with Gasteiger partial charge in [-0.2, -0.15) is 5.10 Å². The van der Waals surface area contributed by atoms with Crippen LogP contribution < -0.4 is 5.32 Å². The van der Waals surface area contributed by atoms with E-state index in [0.29, 0.717) is 24.5 Å². The normalized spacial score (nSPS) is 10.0. The largest absolute Gasteiger partial charge is 0.354 e. The summed E-state index contributed by atoms with van der Waals surface area (Å²) in [6.45, 7) is 3.06. The van der Waals surface area contributed by atoms with Gasteiger partial charge in [-0.3, -0.25) is 9.48 Å². The summed E-state index contributed by atoms with van der Waals surface area (Å²) in [6, 6.07) is 0. The minimum Gasteiger partial charge on any atom is -0.354 e. The predicted molar refractivity (Wildman–Crippen MR) is 50.5 cm³/mol. The molecule has 0 spiro atoms. The second kappa shape index (κ2) is 4.87. The molecule has 1 amide bonds. The zero-order valence-electron chi connectivity index (χ0n) is 7.46. The monoisotopic (exact) mass is 201 g/mol. The van der Waals surface area contributed by atoms with Crippen LogP contribution in [0.5, 0.6) is 0 Å². The Labute approximate surface area is 81.9 Å². The van der Waals surface area contributed by atoms with Gasteiger partial charge in [-0.15, -0.1) is 0 Å². The van der Waals surface area contributed by atoms with E-state index in [9.17, 15) is 4.79 Å². The topological polar surface area (TPSA) is 46.9 Å². The van der Waals surface area contributed by atoms with Crippen molar-refractivity contribution in [3.8, 4) is 0 Å². The molecule has 1 rings (SSSR count). The van der Waals surface area contributed by atoms with Crippen LogP contribution in [0.15, 0.2) is 12.4 Å². The average Bonchev–Trinajstić information content (AvgIpc) is 2.51. The molecule has 0 aliphatic heterocycles. The van der Waals surface area contributed by atoms with Crippen molar-refractivity contribution in [2.45, 2.75) is 19.9 Å². The molecule has 13 heavy (non-hydrogen) atoms. The fourth-order valence-corrected chi connectivity index (χ4v) is 1.05. The lowest BCUT2D eigenvalue weighted by molar-refractivity contribution is -0.120. The molecular formula is C8H12ClN3O. The summed E-state index contributed by atoms with van der Waals surface area (Å²) >= 11 is 5.66. The molecule has 1 aromatic rings. The summed E-state index contributed by atoms with van der Waals surface area (Å²) in [5.74, 6) is 0.0539. The van der Waals surface area contributed by atoms with Crippen LogP contribution in [-0.4, -0.2) is 22.2 Å². The summed E-state index contributed by atoms with van der Waals surface area (Å²) in [5.41, 5.74) is 0. The SMILES string of the molecule is CCC(=O)NCCn1cc(Cl)cn1. The molecule has 1 heterocycles. The third-order valence-corrected chi connectivity index (χ3v) is 1.78. The zero-order valence-corrected chi connectivity index (χ0v) is 8.21. The van der Waals surface area contributed by atoms with Crippen LogP contribution in [0.25, 0.3) is 0 Å². The lowest BCUT2D eigenvalue weighted by Crippen LogP contribution is -2.26. The van der Waals surface area contributed by atoms with E-state index in [1.165, 1.54) is 0 Å². The Balaban J connectivity index is 2.24. The van der Waals surface area contributed by atoms with Gasteiger partial charge in [0, 0.05) is 19.2 Å². The number of hydrogen-bond acceptors (Lipinski definition) is 2. The van der Waals surface area contributed by atoms with Crippen molar-refractivity contribution in [2.24, 2.45) is 0 Å². The Hall–Kier alpha value is -1.03. The van der Waals surface area contributed by atoms with Gasteiger partial charge in [0.1, 0.15) is 0 Å². The smallest absolute Gasteiger partial charge is 0.219 e. The molecule has 5 heteroatoms. The van der Waals surface area contributed by atoms with Crippen LogP contribution in [0.4, 0.5) is 0 Å². The Morgan fingerprint density at radius 2 is 2.54 bits per heavy atom. The van der Waals surface area contributed by atoms with E-state index < -0.39 is 0 Å². The van der Waals surface area contributed by atoms with E-state index in [1.807, 2.05) is 6.92 Å². The maximum absolute atomic E-state index is 10.8. The number of carbonyl (C=O) groups excluding carboxylic acids is 1. The molecule has 0 saturated carbocycles. The van der Waals surface area contributed by atoms with Crippen LogP contribution in [-0.2, 0) is 11.3 Å². The quantitative estimate of drug-likeness (QED) is 0.792. The highest BCUT2D eigenvalue weighted by atomic mass is 35.5. The number of aromatic nitrogens is 2. The Bertz CT molecular complexity index is 285. The number of amides is 1. The van der Waals surface area contributed by atoms with Crippen molar-refractivity contribution in [1.82, 2.24) is 15.1 Å². The van der Waals surface area contributed by atoms with E-state index in [-0.39, 0.29) is 5.91 Å². The number of nitrogens with zero attached hydrogens (tertiary/aromatic N) is 2. The highest BCUT2D eigenvalue weighted by Gasteiger charge is 1.97. The van der Waals surface area contributed by atoms with Crippen LogP contribution in [0.3, 0.4) is 0 Å². The van der Waals surface area contributed by atoms with Gasteiger partial charge in [0.15, 0.2) is 0 Å². The summed E-state index contributed by atoms with van der Waals surface area (Å²) in [7, 11) is 0. The molecule has 0 unspecified atom stereocenters. The fraction of sp³-hybridized carbons (Fsp3) is 0.500. The molecular weight excluding hydrogens is 190 g/mol. The average molecular weight is 202 g/mol. The van der Waals surface area contributed by atoms with Crippen LogP contribution >= 0.6 is 11.6 Å². The summed E-state index contributed by atoms with van der Waals surface area (Å²) in [4.78, 5) is 10.8. The van der Waals surface area contributed by atoms with Crippen molar-refractivity contribution in [3.05, 3.63) is 17.4 Å². The number of rotatable bonds is 4. The number of hydrogen-bond donors (Lipinski definition) is 1. The molecule has 1 N–H and O–H groups in total. The standard InChI is InChI=1S/C8H12ClN3O/c1-2-8(13)10-3-4-12-6-7(9)5-11-12/h5-6H,2-4H2,1H3,(H,10,13). The number of nitrogens with one attached hydrogen (secondary N) is 1. The van der Waals surface area contributed by atoms with Gasteiger partial charge in [-0.1, -0.05) is 18.5 Å². The van der Waals surface area contributed by atoms with Gasteiger partial charge >= 0.3 is 0 Å². The molecule has 0 aromatic carbocycles. The minimum atomic E-state index is 0.0539. The molecule has 0 bridgehead atoms. The molecule has 72 valence electrons. The van der Waals surface area contributed by atoms with Gasteiger partial charge in [-0.25, -0.2) is 0 Å². The van der Waals surface area contributed by atoms with Gasteiger partial charge < -0.3 is 5.32 Å². The summed E-state index contributed by atoms with van der Waals surface area (Å²) in [6.07, 6.45) is 3.81. The van der Waals surface area contributed by atoms with Gasteiger partial charge in [0.2, 0.25) is 5.91 Å². The fourth-order valence-electron chi connectivity index (χ4n) is 0.895. The first-order chi connectivity index (χ1) is 6.22. The third kappa shape index (κ3) is 3.46. The molecule has 0 radical (unpaired) electrons. The van der Waals surface area contributed by atoms with E-state index in [1.54, 1.807) is 17.1 Å². The lowest BCUT2D eigenvalue weighted by Gasteiger charge is -2.02. The van der Waals surface area contributed by atoms with Crippen molar-refractivity contribution >= 4 is 17.5 Å². The van der Waals surface area contributed by atoms with Crippen molar-refractivity contribution < 1.29 is 4.79 Å². The Morgan fingerprint density at radius 3 is 3.08 bits per heavy atom. The molecule has 0 saturated heterocycles. The maximum atomic E-state index is 10.8. The van der Waals surface area contributed by atoms with E-state index >= 15 is 0 Å². The predicted octanol–water partition coefficient (Wildman–Crippen LogP) is 1.06. The van der Waals surface area contributed by atoms with Crippen LogP contribution in [0.1, 0.15) is 13.3 Å². The molecule has 0 aliphatic carbocycles. The van der Waals surface area contributed by atoms with Crippen molar-refractivity contribution in [2.75, 3.05) is 6.54 Å². The van der Waals surface area contributed by atoms with Crippen LogP contribution in [0.2, 0.25) is 5.02 Å². The van der Waals surface area contributed by atoms with Gasteiger partial charge in [-0.05, 0) is 0 Å². The number of halogens is 1. The first kappa shape index (κ1) is 10.1. The molecule has 0 fully saturated rings. The van der Waals surface area contributed by atoms with E-state index in [4.69, 9.17) is 11.6 Å². The van der Waals surface area contributed by atoms with Gasteiger partial charge in [0.25, 0.3) is 0 Å². The summed E-state index contributed by atoms with van der Waals surface area (Å²) in [5, 5.41) is 7.33.